The Kier molecular flexibility index (Phi) is 7.79. The van der Waals surface area contributed by atoms with Crippen LogP contribution in [0.1, 0.15) is 42.8 Å². The van der Waals surface area contributed by atoms with E-state index in [4.69, 9.17) is 4.74 Å². The Morgan fingerprint density at radius 2 is 2.03 bits per heavy atom. The van der Waals surface area contributed by atoms with E-state index in [2.05, 4.69) is 26.1 Å². The Labute approximate surface area is 219 Å². The average Bonchev–Trinajstić information content (AvgIpc) is 3.47. The Bertz CT molecular complexity index is 1410. The number of benzene rings is 1. The van der Waals surface area contributed by atoms with E-state index in [0.29, 0.717) is 41.0 Å². The summed E-state index contributed by atoms with van der Waals surface area (Å²) < 4.78 is 48.0. The van der Waals surface area contributed by atoms with Gasteiger partial charge in [-0.05, 0) is 39.0 Å². The van der Waals surface area contributed by atoms with Crippen molar-refractivity contribution in [3.8, 4) is 27.5 Å². The van der Waals surface area contributed by atoms with E-state index in [0.717, 1.165) is 22.5 Å². The minimum atomic E-state index is -5.21. The number of nitrogens with zero attached hydrogens (tertiary/aromatic N) is 6. The first-order chi connectivity index (χ1) is 18.0. The van der Waals surface area contributed by atoms with Crippen LogP contribution >= 0.6 is 11.3 Å². The molecular weight excluding hydrogens is 525 g/mol. The Balaban J connectivity index is 1.45. The molecule has 0 unspecified atom stereocenters. The summed E-state index contributed by atoms with van der Waals surface area (Å²) in [5, 5.41) is 23.9. The van der Waals surface area contributed by atoms with Crippen molar-refractivity contribution >= 4 is 23.3 Å². The normalized spacial score (nSPS) is 13.7. The summed E-state index contributed by atoms with van der Waals surface area (Å²) in [5.74, 6) is -3.24. The predicted octanol–water partition coefficient (Wildman–Crippen LogP) is 3.74. The molecule has 4 rings (SSSR count). The molecule has 2 aromatic heterocycles. The molecule has 3 heterocycles. The number of esters is 2. The predicted molar refractivity (Wildman–Crippen MR) is 128 cm³/mol. The topological polar surface area (TPSA) is 123 Å². The summed E-state index contributed by atoms with van der Waals surface area (Å²) >= 11 is 1.31. The van der Waals surface area contributed by atoms with E-state index in [1.807, 2.05) is 31.7 Å². The van der Waals surface area contributed by atoms with Crippen LogP contribution in [-0.4, -0.2) is 62.2 Å². The summed E-state index contributed by atoms with van der Waals surface area (Å²) in [5.41, 5.74) is 3.71. The second-order valence-electron chi connectivity index (χ2n) is 8.84. The minimum absolute atomic E-state index is 0.0711. The van der Waals surface area contributed by atoms with Crippen LogP contribution in [-0.2, 0) is 27.3 Å². The number of alkyl halides is 3. The highest BCUT2D eigenvalue weighted by atomic mass is 32.1. The van der Waals surface area contributed by atoms with E-state index in [-0.39, 0.29) is 19.1 Å². The number of fused-ring (bicyclic) bond motifs is 1. The van der Waals surface area contributed by atoms with Gasteiger partial charge >= 0.3 is 18.1 Å². The van der Waals surface area contributed by atoms with Crippen molar-refractivity contribution in [2.24, 2.45) is 0 Å². The number of ether oxygens (including phenoxy) is 2. The monoisotopic (exact) mass is 548 g/mol. The van der Waals surface area contributed by atoms with Crippen molar-refractivity contribution in [2.75, 3.05) is 13.1 Å². The van der Waals surface area contributed by atoms with Gasteiger partial charge in [0, 0.05) is 42.9 Å². The molecule has 0 spiro atoms. The highest BCUT2D eigenvalue weighted by Gasteiger charge is 2.42. The molecule has 1 aliphatic heterocycles. The molecule has 0 aliphatic carbocycles. The van der Waals surface area contributed by atoms with Crippen molar-refractivity contribution < 1.29 is 32.2 Å². The standard InChI is InChI=1S/C24H23F3N6O4S/c1-13(2)36-19-5-4-15(10-16(19)11-28)21-29-30-23(38-21)33-14(3)17-12-32(8-6-18(17)31-33)9-7-20(34)37-22(35)24(25,26)27/h4-5,10,13H,6-9,12H2,1-3H3. The molecule has 38 heavy (non-hydrogen) atoms. The smallest absolute Gasteiger partial charge is 0.490 e. The first kappa shape index (κ1) is 27.2. The maximum Gasteiger partial charge on any atom is 0.491 e. The number of nitriles is 1. The van der Waals surface area contributed by atoms with Gasteiger partial charge in [-0.15, -0.1) is 10.2 Å². The minimum Gasteiger partial charge on any atom is -0.490 e. The molecule has 0 N–H and O–H groups in total. The van der Waals surface area contributed by atoms with Crippen molar-refractivity contribution in [1.29, 1.82) is 5.26 Å². The molecule has 0 saturated carbocycles. The third-order valence-electron chi connectivity index (χ3n) is 5.75. The quantitative estimate of drug-likeness (QED) is 0.321. The fourth-order valence-corrected chi connectivity index (χ4v) is 4.77. The van der Waals surface area contributed by atoms with Crippen LogP contribution in [0.5, 0.6) is 5.75 Å². The van der Waals surface area contributed by atoms with Crippen LogP contribution in [0.25, 0.3) is 15.7 Å². The molecular formula is C24H23F3N6O4S. The maximum absolute atomic E-state index is 12.3. The van der Waals surface area contributed by atoms with Gasteiger partial charge < -0.3 is 9.47 Å². The SMILES string of the molecule is Cc1c2c(nn1-c1nnc(-c3ccc(OC(C)C)c(C#N)c3)s1)CCN(CCC(=O)OC(=O)C(F)(F)F)C2. The molecule has 10 nitrogen and oxygen atoms in total. The third-order valence-corrected chi connectivity index (χ3v) is 6.69. The van der Waals surface area contributed by atoms with Gasteiger partial charge in [-0.3, -0.25) is 9.69 Å². The molecule has 200 valence electrons. The highest BCUT2D eigenvalue weighted by Crippen LogP contribution is 2.32. The van der Waals surface area contributed by atoms with Crippen LogP contribution in [0, 0.1) is 18.3 Å². The number of rotatable bonds is 7. The van der Waals surface area contributed by atoms with Crippen LogP contribution in [0.15, 0.2) is 18.2 Å². The lowest BCUT2D eigenvalue weighted by molar-refractivity contribution is -0.201. The summed E-state index contributed by atoms with van der Waals surface area (Å²) in [6.45, 7) is 6.73. The largest absolute Gasteiger partial charge is 0.491 e. The zero-order valence-corrected chi connectivity index (χ0v) is 21.5. The lowest BCUT2D eigenvalue weighted by atomic mass is 10.1. The van der Waals surface area contributed by atoms with Crippen LogP contribution in [0.4, 0.5) is 13.2 Å². The van der Waals surface area contributed by atoms with Crippen molar-refractivity contribution in [1.82, 2.24) is 24.9 Å². The maximum atomic E-state index is 12.3. The number of carbonyl (C=O) groups is 2. The zero-order chi connectivity index (χ0) is 27.6. The van der Waals surface area contributed by atoms with Crippen molar-refractivity contribution in [3.05, 3.63) is 40.7 Å². The van der Waals surface area contributed by atoms with E-state index in [9.17, 15) is 28.0 Å². The van der Waals surface area contributed by atoms with Gasteiger partial charge in [-0.25, -0.2) is 9.48 Å². The van der Waals surface area contributed by atoms with Gasteiger partial charge in [0.2, 0.25) is 5.13 Å². The van der Waals surface area contributed by atoms with Crippen LogP contribution in [0.2, 0.25) is 0 Å². The third kappa shape index (κ3) is 6.00. The summed E-state index contributed by atoms with van der Waals surface area (Å²) in [6.07, 6.45) is -5.07. The van der Waals surface area contributed by atoms with E-state index in [1.54, 1.807) is 16.8 Å². The summed E-state index contributed by atoms with van der Waals surface area (Å²) in [4.78, 5) is 24.4. The summed E-state index contributed by atoms with van der Waals surface area (Å²) in [7, 11) is 0. The lowest BCUT2D eigenvalue weighted by Crippen LogP contribution is -2.34. The molecule has 1 aromatic carbocycles. The second kappa shape index (κ2) is 10.9. The lowest BCUT2D eigenvalue weighted by Gasteiger charge is -2.26. The van der Waals surface area contributed by atoms with Gasteiger partial charge in [0.05, 0.1) is 23.8 Å². The van der Waals surface area contributed by atoms with Gasteiger partial charge in [-0.2, -0.15) is 23.5 Å². The molecule has 3 aromatic rings. The Hall–Kier alpha value is -3.83. The Morgan fingerprint density at radius 1 is 1.26 bits per heavy atom. The number of carbonyl (C=O) groups excluding carboxylic acids is 2. The van der Waals surface area contributed by atoms with Gasteiger partial charge in [0.25, 0.3) is 0 Å². The first-order valence-corrected chi connectivity index (χ1v) is 12.4. The highest BCUT2D eigenvalue weighted by molar-refractivity contribution is 7.17. The summed E-state index contributed by atoms with van der Waals surface area (Å²) in [6, 6.07) is 7.39. The van der Waals surface area contributed by atoms with Crippen LogP contribution < -0.4 is 4.74 Å². The van der Waals surface area contributed by atoms with E-state index in [1.165, 1.54) is 11.3 Å². The number of aromatic nitrogens is 4. The second-order valence-corrected chi connectivity index (χ2v) is 9.79. The van der Waals surface area contributed by atoms with E-state index < -0.39 is 18.1 Å². The molecule has 0 saturated heterocycles. The number of hydrogen-bond donors (Lipinski definition) is 0. The van der Waals surface area contributed by atoms with Gasteiger partial charge in [0.1, 0.15) is 16.8 Å². The van der Waals surface area contributed by atoms with Gasteiger partial charge in [0.15, 0.2) is 0 Å². The average molecular weight is 549 g/mol. The first-order valence-electron chi connectivity index (χ1n) is 11.6. The Morgan fingerprint density at radius 3 is 2.71 bits per heavy atom. The van der Waals surface area contributed by atoms with Gasteiger partial charge in [-0.1, -0.05) is 11.3 Å². The fraction of sp³-hybridized carbons (Fsp3) is 0.417. The van der Waals surface area contributed by atoms with Crippen molar-refractivity contribution in [3.63, 3.8) is 0 Å². The molecule has 0 fully saturated rings. The molecule has 1 aliphatic rings. The molecule has 14 heteroatoms. The van der Waals surface area contributed by atoms with Crippen LogP contribution in [0.3, 0.4) is 0 Å². The van der Waals surface area contributed by atoms with E-state index >= 15 is 0 Å². The molecule has 0 atom stereocenters. The van der Waals surface area contributed by atoms with Crippen molar-refractivity contribution in [2.45, 2.75) is 52.4 Å². The molecule has 0 bridgehead atoms. The number of halogens is 3. The fourth-order valence-electron chi connectivity index (χ4n) is 3.93. The molecule has 0 amide bonds. The molecule has 0 radical (unpaired) electrons. The zero-order valence-electron chi connectivity index (χ0n) is 20.7. The number of hydrogen-bond acceptors (Lipinski definition) is 10.